The van der Waals surface area contributed by atoms with Gasteiger partial charge in [-0.25, -0.2) is 22.2 Å². The molecular formula is C21H21ClF2N4O3S2. The molecule has 0 saturated carbocycles. The average Bonchev–Trinajstić information content (AvgIpc) is 3.18. The molecule has 2 aromatic carbocycles. The molecule has 12 heteroatoms. The minimum atomic E-state index is -3.73. The number of thiazole rings is 1. The number of hydrogen-bond donors (Lipinski definition) is 1. The van der Waals surface area contributed by atoms with Crippen molar-refractivity contribution < 1.29 is 22.0 Å². The van der Waals surface area contributed by atoms with Gasteiger partial charge in [0.05, 0.1) is 9.60 Å². The molecule has 1 fully saturated rings. The number of fused-ring (bicyclic) bond motifs is 1. The zero-order chi connectivity index (χ0) is 23.6. The van der Waals surface area contributed by atoms with Crippen LogP contribution in [0.1, 0.15) is 0 Å². The number of nitrogens with one attached hydrogen (secondary N) is 1. The van der Waals surface area contributed by atoms with E-state index in [2.05, 4.69) is 15.2 Å². The summed E-state index contributed by atoms with van der Waals surface area (Å²) in [7, 11) is -3.73. The third kappa shape index (κ3) is 5.78. The quantitative estimate of drug-likeness (QED) is 0.522. The van der Waals surface area contributed by atoms with E-state index in [0.717, 1.165) is 6.07 Å². The van der Waals surface area contributed by atoms with Gasteiger partial charge in [0, 0.05) is 50.4 Å². The van der Waals surface area contributed by atoms with Crippen molar-refractivity contribution in [1.29, 1.82) is 0 Å². The monoisotopic (exact) mass is 514 g/mol. The maximum Gasteiger partial charge on any atom is 0.235 e. The smallest absolute Gasteiger partial charge is 0.235 e. The fourth-order valence-electron chi connectivity index (χ4n) is 3.55. The molecule has 176 valence electrons. The summed E-state index contributed by atoms with van der Waals surface area (Å²) in [5, 5.41) is 3.72. The van der Waals surface area contributed by atoms with Crippen molar-refractivity contribution in [1.82, 2.24) is 15.2 Å². The number of hydrogen-bond acceptors (Lipinski definition) is 7. The van der Waals surface area contributed by atoms with Gasteiger partial charge in [-0.3, -0.25) is 9.69 Å². The molecule has 1 aromatic heterocycles. The largest absolute Gasteiger partial charge is 0.354 e. The van der Waals surface area contributed by atoms with Crippen molar-refractivity contribution in [2.45, 2.75) is 4.90 Å². The average molecular weight is 515 g/mol. The minimum absolute atomic E-state index is 0.0515. The summed E-state index contributed by atoms with van der Waals surface area (Å²) in [6.07, 6.45) is 0. The number of nitrogens with zero attached hydrogens (tertiary/aromatic N) is 3. The van der Waals surface area contributed by atoms with E-state index in [0.29, 0.717) is 54.1 Å². The number of halogens is 3. The van der Waals surface area contributed by atoms with Crippen LogP contribution in [-0.4, -0.2) is 69.2 Å². The van der Waals surface area contributed by atoms with E-state index < -0.39 is 33.1 Å². The summed E-state index contributed by atoms with van der Waals surface area (Å²) >= 11 is 7.03. The Balaban J connectivity index is 1.23. The molecule has 33 heavy (non-hydrogen) atoms. The van der Waals surface area contributed by atoms with E-state index >= 15 is 0 Å². The second kappa shape index (κ2) is 9.88. The Morgan fingerprint density at radius 2 is 1.82 bits per heavy atom. The first-order valence-corrected chi connectivity index (χ1v) is 13.0. The highest BCUT2D eigenvalue weighted by molar-refractivity contribution is 7.92. The second-order valence-electron chi connectivity index (χ2n) is 7.62. The summed E-state index contributed by atoms with van der Waals surface area (Å²) in [6, 6.07) is 7.80. The number of amides is 1. The molecular weight excluding hydrogens is 494 g/mol. The van der Waals surface area contributed by atoms with Crippen LogP contribution in [0, 0.1) is 11.6 Å². The van der Waals surface area contributed by atoms with E-state index in [4.69, 9.17) is 11.6 Å². The van der Waals surface area contributed by atoms with Crippen LogP contribution in [0.25, 0.3) is 10.2 Å². The molecule has 1 amide bonds. The molecule has 0 atom stereocenters. The SMILES string of the molecule is O=C(CS(=O)(=O)c1ccc(Cl)cc1)NCCN1CCN(c2nc3c(F)cc(F)cc3s2)CC1. The predicted octanol–water partition coefficient (Wildman–Crippen LogP) is 2.94. The van der Waals surface area contributed by atoms with E-state index in [9.17, 15) is 22.0 Å². The van der Waals surface area contributed by atoms with Crippen LogP contribution in [-0.2, 0) is 14.6 Å². The topological polar surface area (TPSA) is 82.6 Å². The van der Waals surface area contributed by atoms with Crippen molar-refractivity contribution >= 4 is 54.0 Å². The van der Waals surface area contributed by atoms with E-state index in [1.807, 2.05) is 4.90 Å². The number of anilines is 1. The number of benzene rings is 2. The normalized spacial score (nSPS) is 15.2. The zero-order valence-corrected chi connectivity index (χ0v) is 19.8. The molecule has 1 N–H and O–H groups in total. The van der Waals surface area contributed by atoms with E-state index in [-0.39, 0.29) is 10.4 Å². The van der Waals surface area contributed by atoms with Crippen molar-refractivity contribution in [3.05, 3.63) is 53.1 Å². The summed E-state index contributed by atoms with van der Waals surface area (Å²) in [4.78, 5) is 20.6. The summed E-state index contributed by atoms with van der Waals surface area (Å²) in [6.45, 7) is 3.60. The molecule has 0 aliphatic carbocycles. The zero-order valence-electron chi connectivity index (χ0n) is 17.4. The van der Waals surface area contributed by atoms with Gasteiger partial charge in [0.1, 0.15) is 17.1 Å². The molecule has 7 nitrogen and oxygen atoms in total. The van der Waals surface area contributed by atoms with E-state index in [1.165, 1.54) is 41.7 Å². The van der Waals surface area contributed by atoms with Crippen molar-refractivity contribution in [2.75, 3.05) is 49.9 Å². The number of piperazine rings is 1. The van der Waals surface area contributed by atoms with Gasteiger partial charge in [-0.1, -0.05) is 22.9 Å². The third-order valence-electron chi connectivity index (χ3n) is 5.29. The Morgan fingerprint density at radius 3 is 2.52 bits per heavy atom. The Labute approximate surface area is 198 Å². The Hall–Kier alpha value is -2.34. The Morgan fingerprint density at radius 1 is 1.12 bits per heavy atom. The van der Waals surface area contributed by atoms with Gasteiger partial charge in [-0.15, -0.1) is 0 Å². The third-order valence-corrected chi connectivity index (χ3v) is 8.24. The summed E-state index contributed by atoms with van der Waals surface area (Å²) < 4.78 is 52.5. The van der Waals surface area contributed by atoms with Gasteiger partial charge in [-0.05, 0) is 30.3 Å². The van der Waals surface area contributed by atoms with Gasteiger partial charge in [0.2, 0.25) is 5.91 Å². The first-order chi connectivity index (χ1) is 15.7. The molecule has 0 spiro atoms. The lowest BCUT2D eigenvalue weighted by molar-refractivity contribution is -0.118. The minimum Gasteiger partial charge on any atom is -0.354 e. The summed E-state index contributed by atoms with van der Waals surface area (Å²) in [5.74, 6) is -2.48. The van der Waals surface area contributed by atoms with Gasteiger partial charge in [-0.2, -0.15) is 0 Å². The number of carbonyl (C=O) groups is 1. The van der Waals surface area contributed by atoms with Gasteiger partial charge < -0.3 is 10.2 Å². The second-order valence-corrected chi connectivity index (χ2v) is 11.1. The molecule has 0 unspecified atom stereocenters. The van der Waals surface area contributed by atoms with Gasteiger partial charge in [0.25, 0.3) is 0 Å². The lowest BCUT2D eigenvalue weighted by atomic mass is 10.3. The Bertz CT molecular complexity index is 1260. The first kappa shape index (κ1) is 23.8. The number of sulfone groups is 1. The molecule has 2 heterocycles. The van der Waals surface area contributed by atoms with E-state index in [1.54, 1.807) is 0 Å². The van der Waals surface area contributed by atoms with Gasteiger partial charge >= 0.3 is 0 Å². The van der Waals surface area contributed by atoms with Crippen LogP contribution in [0.2, 0.25) is 5.02 Å². The predicted molar refractivity (Wildman–Crippen MR) is 125 cm³/mol. The van der Waals surface area contributed by atoms with Crippen LogP contribution in [0.5, 0.6) is 0 Å². The van der Waals surface area contributed by atoms with Crippen LogP contribution >= 0.6 is 22.9 Å². The molecule has 1 aliphatic rings. The molecule has 4 rings (SSSR count). The maximum absolute atomic E-state index is 13.9. The van der Waals surface area contributed by atoms with Crippen LogP contribution < -0.4 is 10.2 Å². The van der Waals surface area contributed by atoms with Crippen molar-refractivity contribution in [2.24, 2.45) is 0 Å². The molecule has 0 bridgehead atoms. The molecule has 0 radical (unpaired) electrons. The number of aromatic nitrogens is 1. The lowest BCUT2D eigenvalue weighted by Crippen LogP contribution is -2.48. The van der Waals surface area contributed by atoms with Crippen LogP contribution in [0.15, 0.2) is 41.3 Å². The van der Waals surface area contributed by atoms with Crippen LogP contribution in [0.3, 0.4) is 0 Å². The molecule has 1 saturated heterocycles. The fourth-order valence-corrected chi connectivity index (χ4v) is 5.89. The highest BCUT2D eigenvalue weighted by atomic mass is 35.5. The maximum atomic E-state index is 13.9. The molecule has 3 aromatic rings. The standard InChI is InChI=1S/C21H21ClF2N4O3S2/c22-14-1-3-16(4-2-14)33(30,31)13-19(29)25-5-6-27-7-9-28(10-8-27)21-26-20-17(24)11-15(23)12-18(20)32-21/h1-4,11-12H,5-10,13H2,(H,25,29). The van der Waals surface area contributed by atoms with Gasteiger partial charge in [0.15, 0.2) is 20.8 Å². The van der Waals surface area contributed by atoms with Crippen molar-refractivity contribution in [3.8, 4) is 0 Å². The number of carbonyl (C=O) groups excluding carboxylic acids is 1. The summed E-state index contributed by atoms with van der Waals surface area (Å²) in [5.41, 5.74) is 0.176. The number of rotatable bonds is 7. The van der Waals surface area contributed by atoms with Crippen molar-refractivity contribution in [3.63, 3.8) is 0 Å². The first-order valence-electron chi connectivity index (χ1n) is 10.2. The Kier molecular flexibility index (Phi) is 7.13. The highest BCUT2D eigenvalue weighted by Crippen LogP contribution is 2.31. The lowest BCUT2D eigenvalue weighted by Gasteiger charge is -2.34. The molecule has 1 aliphatic heterocycles. The highest BCUT2D eigenvalue weighted by Gasteiger charge is 2.22. The fraction of sp³-hybridized carbons (Fsp3) is 0.333. The van der Waals surface area contributed by atoms with Crippen LogP contribution in [0.4, 0.5) is 13.9 Å².